The molecule has 1 saturated heterocycles. The largest absolute Gasteiger partial charge is 0.390 e. The summed E-state index contributed by atoms with van der Waals surface area (Å²) in [5.74, 6) is -0.370. The summed E-state index contributed by atoms with van der Waals surface area (Å²) in [7, 11) is 0. The van der Waals surface area contributed by atoms with Crippen LogP contribution in [0.25, 0.3) is 0 Å². The van der Waals surface area contributed by atoms with Crippen LogP contribution in [-0.4, -0.2) is 29.7 Å². The van der Waals surface area contributed by atoms with E-state index in [4.69, 9.17) is 9.47 Å². The summed E-state index contributed by atoms with van der Waals surface area (Å²) < 4.78 is 11.6. The van der Waals surface area contributed by atoms with E-state index in [1.165, 1.54) is 19.3 Å². The molecule has 1 unspecified atom stereocenters. The molecule has 1 heterocycles. The minimum Gasteiger partial charge on any atom is -0.390 e. The summed E-state index contributed by atoms with van der Waals surface area (Å²) in [5, 5.41) is 9.79. The highest BCUT2D eigenvalue weighted by molar-refractivity contribution is 4.87. The Kier molecular flexibility index (Phi) is 3.44. The lowest BCUT2D eigenvalue weighted by Gasteiger charge is -2.32. The Morgan fingerprint density at radius 2 is 2.13 bits per heavy atom. The molecule has 86 valence electrons. The van der Waals surface area contributed by atoms with Gasteiger partial charge in [0.2, 0.25) is 0 Å². The number of rotatable bonds is 3. The van der Waals surface area contributed by atoms with Gasteiger partial charge in [-0.3, -0.25) is 0 Å². The van der Waals surface area contributed by atoms with Crippen LogP contribution in [-0.2, 0) is 9.47 Å². The van der Waals surface area contributed by atoms with Crippen molar-refractivity contribution < 1.29 is 14.6 Å². The molecule has 15 heavy (non-hydrogen) atoms. The monoisotopic (exact) mass is 212 g/mol. The fourth-order valence-electron chi connectivity index (χ4n) is 2.44. The highest BCUT2D eigenvalue weighted by atomic mass is 16.7. The Labute approximate surface area is 91.1 Å². The van der Waals surface area contributed by atoms with Gasteiger partial charge in [-0.05, 0) is 19.3 Å². The van der Waals surface area contributed by atoms with Crippen molar-refractivity contribution in [1.29, 1.82) is 0 Å². The van der Waals surface area contributed by atoms with Crippen molar-refractivity contribution in [3.63, 3.8) is 0 Å². The molecule has 3 heteroatoms. The summed E-state index contributed by atoms with van der Waals surface area (Å²) in [6.07, 6.45) is 7.23. The molecular formula is C12H20O3. The lowest BCUT2D eigenvalue weighted by atomic mass is 9.94. The molecule has 0 amide bonds. The molecule has 1 saturated carbocycles. The molecule has 1 aliphatic heterocycles. The quantitative estimate of drug-likeness (QED) is 0.727. The summed E-state index contributed by atoms with van der Waals surface area (Å²) in [6, 6.07) is 0. The molecule has 0 aromatic heterocycles. The predicted octanol–water partition coefficient (Wildman–Crippen LogP) is 2.00. The van der Waals surface area contributed by atoms with Crippen LogP contribution in [0, 0.1) is 0 Å². The maximum absolute atomic E-state index is 9.79. The maximum atomic E-state index is 9.79. The number of aliphatic hydroxyl groups excluding tert-OH is 1. The standard InChI is InChI=1S/C12H20O3/c1-2-6-10(13)11-9-14-12(15-11)7-4-3-5-8-12/h2,10-11,13H,1,3-9H2/t10?,11-/m1/s1. The molecule has 2 atom stereocenters. The van der Waals surface area contributed by atoms with Crippen molar-refractivity contribution in [2.45, 2.75) is 56.5 Å². The summed E-state index contributed by atoms with van der Waals surface area (Å²) >= 11 is 0. The second-order valence-corrected chi connectivity index (χ2v) is 4.53. The highest BCUT2D eigenvalue weighted by Crippen LogP contribution is 2.38. The topological polar surface area (TPSA) is 38.7 Å². The number of hydrogen-bond donors (Lipinski definition) is 1. The molecule has 0 aromatic rings. The van der Waals surface area contributed by atoms with Crippen molar-refractivity contribution in [3.8, 4) is 0 Å². The van der Waals surface area contributed by atoms with Crippen LogP contribution < -0.4 is 0 Å². The first-order chi connectivity index (χ1) is 7.26. The van der Waals surface area contributed by atoms with Crippen molar-refractivity contribution >= 4 is 0 Å². The third-order valence-electron chi connectivity index (χ3n) is 3.33. The molecule has 3 nitrogen and oxygen atoms in total. The molecule has 1 spiro atoms. The Bertz CT molecular complexity index is 221. The third-order valence-corrected chi connectivity index (χ3v) is 3.33. The molecule has 1 N–H and O–H groups in total. The molecule has 2 aliphatic rings. The molecule has 1 aliphatic carbocycles. The zero-order chi connectivity index (χ0) is 10.7. The number of aliphatic hydroxyl groups is 1. The van der Waals surface area contributed by atoms with Crippen LogP contribution in [0.1, 0.15) is 38.5 Å². The van der Waals surface area contributed by atoms with Gasteiger partial charge in [0, 0.05) is 12.8 Å². The van der Waals surface area contributed by atoms with Gasteiger partial charge in [-0.25, -0.2) is 0 Å². The smallest absolute Gasteiger partial charge is 0.169 e. The van der Waals surface area contributed by atoms with E-state index in [1.807, 2.05) is 0 Å². The Morgan fingerprint density at radius 1 is 1.40 bits per heavy atom. The number of hydrogen-bond acceptors (Lipinski definition) is 3. The average Bonchev–Trinajstić information content (AvgIpc) is 2.64. The Hall–Kier alpha value is -0.380. The van der Waals surface area contributed by atoms with E-state index in [-0.39, 0.29) is 11.9 Å². The normalized spacial score (nSPS) is 31.7. The molecule has 0 radical (unpaired) electrons. The van der Waals surface area contributed by atoms with Crippen LogP contribution in [0.3, 0.4) is 0 Å². The molecule has 2 fully saturated rings. The molecule has 0 aromatic carbocycles. The lowest BCUT2D eigenvalue weighted by molar-refractivity contribution is -0.195. The van der Waals surface area contributed by atoms with Gasteiger partial charge in [-0.1, -0.05) is 12.5 Å². The molecular weight excluding hydrogens is 192 g/mol. The van der Waals surface area contributed by atoms with Crippen molar-refractivity contribution in [2.75, 3.05) is 6.61 Å². The predicted molar refractivity (Wildman–Crippen MR) is 57.5 cm³/mol. The fraction of sp³-hybridized carbons (Fsp3) is 0.833. The van der Waals surface area contributed by atoms with Crippen molar-refractivity contribution in [1.82, 2.24) is 0 Å². The number of ether oxygens (including phenoxy) is 2. The Balaban J connectivity index is 1.90. The minimum atomic E-state index is -0.469. The van der Waals surface area contributed by atoms with E-state index < -0.39 is 6.10 Å². The Morgan fingerprint density at radius 3 is 2.80 bits per heavy atom. The van der Waals surface area contributed by atoms with E-state index in [9.17, 15) is 5.11 Å². The van der Waals surface area contributed by atoms with E-state index in [0.717, 1.165) is 12.8 Å². The SMILES string of the molecule is C=CCC(O)[C@H]1COC2(CCCCC2)O1. The second-order valence-electron chi connectivity index (χ2n) is 4.53. The van der Waals surface area contributed by atoms with Gasteiger partial charge in [-0.15, -0.1) is 6.58 Å². The first-order valence-corrected chi connectivity index (χ1v) is 5.86. The van der Waals surface area contributed by atoms with E-state index in [2.05, 4.69) is 6.58 Å². The first-order valence-electron chi connectivity index (χ1n) is 5.86. The zero-order valence-corrected chi connectivity index (χ0v) is 9.15. The van der Waals surface area contributed by atoms with Crippen LogP contribution in [0.5, 0.6) is 0 Å². The molecule has 0 bridgehead atoms. The van der Waals surface area contributed by atoms with Crippen LogP contribution in [0.15, 0.2) is 12.7 Å². The summed E-state index contributed by atoms with van der Waals surface area (Å²) in [4.78, 5) is 0. The van der Waals surface area contributed by atoms with E-state index >= 15 is 0 Å². The highest BCUT2D eigenvalue weighted by Gasteiger charge is 2.44. The van der Waals surface area contributed by atoms with Crippen LogP contribution >= 0.6 is 0 Å². The van der Waals surface area contributed by atoms with Gasteiger partial charge in [0.1, 0.15) is 6.10 Å². The molecule has 2 rings (SSSR count). The maximum Gasteiger partial charge on any atom is 0.169 e. The second kappa shape index (κ2) is 4.64. The van der Waals surface area contributed by atoms with Gasteiger partial charge in [-0.2, -0.15) is 0 Å². The van der Waals surface area contributed by atoms with Crippen molar-refractivity contribution in [2.24, 2.45) is 0 Å². The third kappa shape index (κ3) is 2.41. The van der Waals surface area contributed by atoms with E-state index in [0.29, 0.717) is 13.0 Å². The average molecular weight is 212 g/mol. The van der Waals surface area contributed by atoms with Crippen molar-refractivity contribution in [3.05, 3.63) is 12.7 Å². The van der Waals surface area contributed by atoms with Gasteiger partial charge in [0.15, 0.2) is 5.79 Å². The fourth-order valence-corrected chi connectivity index (χ4v) is 2.44. The van der Waals surface area contributed by atoms with Crippen LogP contribution in [0.4, 0.5) is 0 Å². The lowest BCUT2D eigenvalue weighted by Crippen LogP contribution is -2.35. The minimum absolute atomic E-state index is 0.166. The van der Waals surface area contributed by atoms with Crippen LogP contribution in [0.2, 0.25) is 0 Å². The van der Waals surface area contributed by atoms with Gasteiger partial charge in [0.25, 0.3) is 0 Å². The summed E-state index contributed by atoms with van der Waals surface area (Å²) in [5.41, 5.74) is 0. The van der Waals surface area contributed by atoms with Gasteiger partial charge < -0.3 is 14.6 Å². The van der Waals surface area contributed by atoms with Gasteiger partial charge in [0.05, 0.1) is 12.7 Å². The summed E-state index contributed by atoms with van der Waals surface area (Å²) in [6.45, 7) is 4.14. The van der Waals surface area contributed by atoms with Gasteiger partial charge >= 0.3 is 0 Å². The first kappa shape index (κ1) is 11.1. The van der Waals surface area contributed by atoms with E-state index in [1.54, 1.807) is 6.08 Å². The zero-order valence-electron chi connectivity index (χ0n) is 9.15.